The number of aromatic nitrogens is 2. The second-order valence-corrected chi connectivity index (χ2v) is 8.99. The Hall–Kier alpha value is -1.41. The van der Waals surface area contributed by atoms with Gasteiger partial charge in [0.2, 0.25) is 11.9 Å². The van der Waals surface area contributed by atoms with E-state index in [0.29, 0.717) is 11.6 Å². The van der Waals surface area contributed by atoms with Crippen LogP contribution in [0.5, 0.6) is 0 Å². The van der Waals surface area contributed by atoms with Crippen molar-refractivity contribution in [2.45, 2.75) is 18.5 Å². The fourth-order valence-corrected chi connectivity index (χ4v) is 5.46. The van der Waals surface area contributed by atoms with Gasteiger partial charge in [-0.05, 0) is 24.6 Å². The smallest absolute Gasteiger partial charge is 0.240 e. The summed E-state index contributed by atoms with van der Waals surface area (Å²) in [5.74, 6) is 3.05. The topological polar surface area (TPSA) is 91.3 Å². The van der Waals surface area contributed by atoms with Crippen molar-refractivity contribution in [3.63, 3.8) is 0 Å². The van der Waals surface area contributed by atoms with Crippen molar-refractivity contribution >= 4 is 71.9 Å². The van der Waals surface area contributed by atoms with Crippen LogP contribution in [0.1, 0.15) is 12.0 Å². The molecule has 1 aromatic carbocycles. The molecular weight excluding hydrogens is 493 g/mol. The third-order valence-electron chi connectivity index (χ3n) is 6.20. The molecule has 0 spiro atoms. The molecule has 2 N–H and O–H groups in total. The van der Waals surface area contributed by atoms with Gasteiger partial charge < -0.3 is 20.1 Å². The minimum absolute atomic E-state index is 0. The molecule has 32 heavy (non-hydrogen) atoms. The molecule has 1 amide bonds. The number of benzene rings is 1. The van der Waals surface area contributed by atoms with Gasteiger partial charge in [0.1, 0.15) is 0 Å². The molecule has 8 nitrogen and oxygen atoms in total. The second kappa shape index (κ2) is 11.6. The average molecular weight is 521 g/mol. The van der Waals surface area contributed by atoms with Crippen LogP contribution in [-0.4, -0.2) is 88.7 Å². The van der Waals surface area contributed by atoms with E-state index in [1.54, 1.807) is 6.07 Å². The fraction of sp³-hybridized carbons (Fsp3) is 0.550. The van der Waals surface area contributed by atoms with Crippen molar-refractivity contribution in [3.05, 3.63) is 23.8 Å². The Balaban J connectivity index is 0.00000121. The van der Waals surface area contributed by atoms with E-state index < -0.39 is 0 Å². The monoisotopic (exact) mass is 519 g/mol. The number of piperazine rings is 1. The normalized spacial score (nSPS) is 23.2. The van der Waals surface area contributed by atoms with E-state index in [4.69, 9.17) is 10.2 Å². The van der Waals surface area contributed by atoms with E-state index in [1.165, 1.54) is 0 Å². The van der Waals surface area contributed by atoms with Crippen molar-refractivity contribution in [3.8, 4) is 6.07 Å². The quantitative estimate of drug-likeness (QED) is 0.640. The van der Waals surface area contributed by atoms with E-state index in [-0.39, 0.29) is 49.2 Å². The zero-order valence-electron chi connectivity index (χ0n) is 17.5. The van der Waals surface area contributed by atoms with Crippen LogP contribution in [0.4, 0.5) is 5.95 Å². The van der Waals surface area contributed by atoms with E-state index in [9.17, 15) is 4.79 Å². The summed E-state index contributed by atoms with van der Waals surface area (Å²) in [6.07, 6.45) is 0.904. The largest absolute Gasteiger partial charge is 0.340 e. The molecular formula is C20H28Cl3N7OS. The number of hydrogen-bond donors (Lipinski definition) is 2. The molecule has 0 unspecified atom stereocenters. The number of hydrogen-bond acceptors (Lipinski definition) is 7. The highest BCUT2D eigenvalue weighted by molar-refractivity contribution is 7.99. The Morgan fingerprint density at radius 2 is 1.94 bits per heavy atom. The number of thioether (sulfide) groups is 1. The maximum absolute atomic E-state index is 12.6. The van der Waals surface area contributed by atoms with Crippen molar-refractivity contribution in [1.82, 2.24) is 25.1 Å². The summed E-state index contributed by atoms with van der Waals surface area (Å²) in [5.41, 5.74) is 2.44. The molecule has 3 aliphatic rings. The number of nitriles is 1. The molecule has 0 radical (unpaired) electrons. The van der Waals surface area contributed by atoms with Crippen molar-refractivity contribution in [2.75, 3.05) is 55.8 Å². The Morgan fingerprint density at radius 3 is 2.62 bits per heavy atom. The average Bonchev–Trinajstić information content (AvgIpc) is 3.53. The van der Waals surface area contributed by atoms with E-state index in [0.717, 1.165) is 74.3 Å². The van der Waals surface area contributed by atoms with Crippen molar-refractivity contribution in [1.29, 1.82) is 5.26 Å². The lowest BCUT2D eigenvalue weighted by Crippen LogP contribution is -2.51. The first kappa shape index (κ1) is 26.8. The molecule has 3 saturated heterocycles. The lowest BCUT2D eigenvalue weighted by atomic mass is 10.1. The Bertz CT molecular complexity index is 954. The Morgan fingerprint density at radius 1 is 1.16 bits per heavy atom. The van der Waals surface area contributed by atoms with E-state index in [2.05, 4.69) is 26.2 Å². The maximum Gasteiger partial charge on any atom is 0.240 e. The minimum Gasteiger partial charge on any atom is -0.340 e. The third-order valence-corrected chi connectivity index (χ3v) is 7.16. The van der Waals surface area contributed by atoms with Gasteiger partial charge in [-0.3, -0.25) is 9.69 Å². The summed E-state index contributed by atoms with van der Waals surface area (Å²) >= 11 is 1.84. The first-order chi connectivity index (χ1) is 14.2. The van der Waals surface area contributed by atoms with Crippen LogP contribution < -0.4 is 10.2 Å². The number of carbonyl (C=O) groups is 1. The highest BCUT2D eigenvalue weighted by Crippen LogP contribution is 2.23. The number of imidazole rings is 1. The SMILES string of the molecule is Cl.Cl.Cl.N#Cc1ccc2nc(N3CCN([C@@H]4CN[C@H](C(=O)N5CCSC5)C4)CC3)[nH]c2c1. The summed E-state index contributed by atoms with van der Waals surface area (Å²) in [6, 6.07) is 8.12. The summed E-state index contributed by atoms with van der Waals surface area (Å²) in [7, 11) is 0. The third kappa shape index (κ3) is 5.38. The first-order valence-electron chi connectivity index (χ1n) is 10.2. The molecule has 5 rings (SSSR count). The molecule has 3 fully saturated rings. The van der Waals surface area contributed by atoms with Gasteiger partial charge in [-0.25, -0.2) is 4.98 Å². The van der Waals surface area contributed by atoms with Crippen LogP contribution in [0.3, 0.4) is 0 Å². The lowest BCUT2D eigenvalue weighted by molar-refractivity contribution is -0.131. The standard InChI is InChI=1S/C20H25N7OS.3ClH/c21-11-14-1-2-16-17(9-14)24-20(23-16)26-5-3-25(4-6-26)15-10-18(22-12-15)19(28)27-7-8-29-13-27;;;/h1-2,9,15,18,22H,3-8,10,12-13H2,(H,23,24);3*1H/t15-,18-;;;/m0.../s1. The van der Waals surface area contributed by atoms with Gasteiger partial charge in [0.15, 0.2) is 0 Å². The lowest BCUT2D eigenvalue weighted by Gasteiger charge is -2.37. The number of nitrogens with one attached hydrogen (secondary N) is 2. The first-order valence-corrected chi connectivity index (χ1v) is 11.4. The molecule has 2 aromatic rings. The van der Waals surface area contributed by atoms with Crippen LogP contribution in [-0.2, 0) is 4.79 Å². The number of halogens is 3. The number of rotatable bonds is 3. The minimum atomic E-state index is -0.0265. The number of anilines is 1. The molecule has 0 saturated carbocycles. The van der Waals surface area contributed by atoms with E-state index in [1.807, 2.05) is 28.8 Å². The van der Waals surface area contributed by atoms with Crippen LogP contribution >= 0.6 is 49.0 Å². The maximum atomic E-state index is 12.6. The second-order valence-electron chi connectivity index (χ2n) is 7.92. The predicted octanol–water partition coefficient (Wildman–Crippen LogP) is 2.09. The van der Waals surface area contributed by atoms with Gasteiger partial charge in [-0.15, -0.1) is 49.0 Å². The van der Waals surface area contributed by atoms with Gasteiger partial charge in [-0.1, -0.05) is 0 Å². The van der Waals surface area contributed by atoms with Gasteiger partial charge in [0, 0.05) is 51.1 Å². The molecule has 2 atom stereocenters. The van der Waals surface area contributed by atoms with Gasteiger partial charge >= 0.3 is 0 Å². The highest BCUT2D eigenvalue weighted by atomic mass is 35.5. The molecule has 4 heterocycles. The van der Waals surface area contributed by atoms with Crippen LogP contribution in [0.2, 0.25) is 0 Å². The summed E-state index contributed by atoms with van der Waals surface area (Å²) in [5, 5.41) is 12.5. The molecule has 176 valence electrons. The Kier molecular flexibility index (Phi) is 9.76. The van der Waals surface area contributed by atoms with Crippen LogP contribution in [0.15, 0.2) is 18.2 Å². The molecule has 0 aliphatic carbocycles. The molecule has 0 bridgehead atoms. The van der Waals surface area contributed by atoms with Gasteiger partial charge in [0.05, 0.1) is 34.6 Å². The zero-order chi connectivity index (χ0) is 19.8. The van der Waals surface area contributed by atoms with Crippen molar-refractivity contribution in [2.24, 2.45) is 0 Å². The fourth-order valence-electron chi connectivity index (χ4n) is 4.51. The number of fused-ring (bicyclic) bond motifs is 1. The van der Waals surface area contributed by atoms with Gasteiger partial charge in [0.25, 0.3) is 0 Å². The highest BCUT2D eigenvalue weighted by Gasteiger charge is 2.36. The Labute approximate surface area is 210 Å². The van der Waals surface area contributed by atoms with Gasteiger partial charge in [-0.2, -0.15) is 5.26 Å². The summed E-state index contributed by atoms with van der Waals surface area (Å²) in [4.78, 5) is 27.5. The summed E-state index contributed by atoms with van der Waals surface area (Å²) in [6.45, 7) is 5.52. The number of H-pyrrole nitrogens is 1. The molecule has 3 aliphatic heterocycles. The number of amides is 1. The number of carbonyl (C=O) groups excluding carboxylic acids is 1. The molecule has 1 aromatic heterocycles. The number of nitrogens with zero attached hydrogens (tertiary/aromatic N) is 5. The summed E-state index contributed by atoms with van der Waals surface area (Å²) < 4.78 is 0. The van der Waals surface area contributed by atoms with E-state index >= 15 is 0 Å². The number of aromatic amines is 1. The molecule has 12 heteroatoms. The van der Waals surface area contributed by atoms with Crippen molar-refractivity contribution < 1.29 is 4.79 Å². The zero-order valence-corrected chi connectivity index (χ0v) is 20.8. The van der Waals surface area contributed by atoms with Crippen LogP contribution in [0, 0.1) is 11.3 Å². The predicted molar refractivity (Wildman–Crippen MR) is 136 cm³/mol. The van der Waals surface area contributed by atoms with Crippen LogP contribution in [0.25, 0.3) is 11.0 Å².